The molecule has 19 heavy (non-hydrogen) atoms. The molecule has 0 aliphatic carbocycles. The van der Waals surface area contributed by atoms with E-state index in [1.165, 1.54) is 11.3 Å². The van der Waals surface area contributed by atoms with Crippen LogP contribution >= 0.6 is 0 Å². The Morgan fingerprint density at radius 1 is 1.47 bits per heavy atom. The minimum absolute atomic E-state index is 0.0164. The van der Waals surface area contributed by atoms with Gasteiger partial charge in [-0.05, 0) is 57.6 Å². The van der Waals surface area contributed by atoms with Gasteiger partial charge in [0.15, 0.2) is 0 Å². The van der Waals surface area contributed by atoms with E-state index in [1.54, 1.807) is 0 Å². The first kappa shape index (κ1) is 13.9. The van der Waals surface area contributed by atoms with Crippen molar-refractivity contribution >= 4 is 11.6 Å². The fraction of sp³-hybridized carbons (Fsp3) is 0.533. The largest absolute Gasteiger partial charge is 0.385 e. The number of fused-ring (bicyclic) bond motifs is 1. The first-order valence-electron chi connectivity index (χ1n) is 6.88. The van der Waals surface area contributed by atoms with Crippen LogP contribution in [0.5, 0.6) is 0 Å². The van der Waals surface area contributed by atoms with Crippen molar-refractivity contribution in [2.45, 2.75) is 25.8 Å². The zero-order chi connectivity index (χ0) is 13.8. The van der Waals surface area contributed by atoms with Crippen LogP contribution in [0.25, 0.3) is 0 Å². The standard InChI is InChI=1S/C15H23N3O/c1-11(10-18(2)3)17-15(19)13-6-7-14-12(9-13)5-4-8-16-14/h6-7,9,11,16H,4-5,8,10H2,1-3H3,(H,17,19). The average molecular weight is 261 g/mol. The van der Waals surface area contributed by atoms with E-state index < -0.39 is 0 Å². The number of aryl methyl sites for hydroxylation is 1. The van der Waals surface area contributed by atoms with Gasteiger partial charge in [0.1, 0.15) is 0 Å². The van der Waals surface area contributed by atoms with Crippen LogP contribution in [0, 0.1) is 0 Å². The van der Waals surface area contributed by atoms with E-state index >= 15 is 0 Å². The van der Waals surface area contributed by atoms with Crippen LogP contribution in [0.1, 0.15) is 29.3 Å². The Kier molecular flexibility index (Phi) is 4.43. The van der Waals surface area contributed by atoms with Crippen molar-refractivity contribution in [2.75, 3.05) is 32.5 Å². The number of hydrogen-bond donors (Lipinski definition) is 2. The molecule has 0 spiro atoms. The summed E-state index contributed by atoms with van der Waals surface area (Å²) < 4.78 is 0. The summed E-state index contributed by atoms with van der Waals surface area (Å²) in [7, 11) is 4.01. The molecule has 4 heteroatoms. The second-order valence-electron chi connectivity index (χ2n) is 5.54. The second-order valence-corrected chi connectivity index (χ2v) is 5.54. The highest BCUT2D eigenvalue weighted by Gasteiger charge is 2.14. The van der Waals surface area contributed by atoms with Gasteiger partial charge in [-0.1, -0.05) is 0 Å². The monoisotopic (exact) mass is 261 g/mol. The molecule has 1 aromatic rings. The summed E-state index contributed by atoms with van der Waals surface area (Å²) >= 11 is 0. The maximum atomic E-state index is 12.2. The van der Waals surface area contributed by atoms with Gasteiger partial charge in [-0.3, -0.25) is 4.79 Å². The summed E-state index contributed by atoms with van der Waals surface area (Å²) in [6.07, 6.45) is 2.19. The van der Waals surface area contributed by atoms with E-state index in [0.29, 0.717) is 0 Å². The molecule has 0 saturated carbocycles. The lowest BCUT2D eigenvalue weighted by Gasteiger charge is -2.20. The van der Waals surface area contributed by atoms with E-state index in [2.05, 4.69) is 15.5 Å². The van der Waals surface area contributed by atoms with Gasteiger partial charge in [-0.15, -0.1) is 0 Å². The Bertz CT molecular complexity index is 457. The van der Waals surface area contributed by atoms with Crippen molar-refractivity contribution in [1.29, 1.82) is 0 Å². The minimum Gasteiger partial charge on any atom is -0.385 e. The fourth-order valence-electron chi connectivity index (χ4n) is 2.52. The maximum absolute atomic E-state index is 12.2. The number of carbonyl (C=O) groups excluding carboxylic acids is 1. The zero-order valence-corrected chi connectivity index (χ0v) is 12.0. The quantitative estimate of drug-likeness (QED) is 0.867. The van der Waals surface area contributed by atoms with Gasteiger partial charge in [-0.2, -0.15) is 0 Å². The fourth-order valence-corrected chi connectivity index (χ4v) is 2.52. The summed E-state index contributed by atoms with van der Waals surface area (Å²) in [5, 5.41) is 6.39. The third-order valence-electron chi connectivity index (χ3n) is 3.32. The molecule has 0 bridgehead atoms. The Balaban J connectivity index is 2.03. The van der Waals surface area contributed by atoms with Gasteiger partial charge in [0, 0.05) is 30.4 Å². The lowest BCUT2D eigenvalue weighted by molar-refractivity contribution is 0.0934. The van der Waals surface area contributed by atoms with Crippen molar-refractivity contribution in [1.82, 2.24) is 10.2 Å². The van der Waals surface area contributed by atoms with Crippen molar-refractivity contribution in [3.8, 4) is 0 Å². The van der Waals surface area contributed by atoms with Crippen molar-refractivity contribution < 1.29 is 4.79 Å². The average Bonchev–Trinajstić information content (AvgIpc) is 2.37. The normalized spacial score (nSPS) is 15.6. The SMILES string of the molecule is CC(CN(C)C)NC(=O)c1ccc2c(c1)CCCN2. The van der Waals surface area contributed by atoms with Gasteiger partial charge < -0.3 is 15.5 Å². The molecule has 1 aliphatic heterocycles. The van der Waals surface area contributed by atoms with Crippen molar-refractivity contribution in [3.63, 3.8) is 0 Å². The van der Waals surface area contributed by atoms with Gasteiger partial charge in [0.05, 0.1) is 0 Å². The van der Waals surface area contributed by atoms with Crippen molar-refractivity contribution in [2.24, 2.45) is 0 Å². The van der Waals surface area contributed by atoms with Crippen LogP contribution in [0.15, 0.2) is 18.2 Å². The van der Waals surface area contributed by atoms with Crippen LogP contribution in [0.4, 0.5) is 5.69 Å². The lowest BCUT2D eigenvalue weighted by atomic mass is 10.0. The van der Waals surface area contributed by atoms with Crippen molar-refractivity contribution in [3.05, 3.63) is 29.3 Å². The van der Waals surface area contributed by atoms with Crippen LogP contribution in [-0.2, 0) is 6.42 Å². The van der Waals surface area contributed by atoms with Gasteiger partial charge in [0.2, 0.25) is 0 Å². The van der Waals surface area contributed by atoms with Crippen LogP contribution in [-0.4, -0.2) is 44.0 Å². The Labute approximate surface area is 115 Å². The van der Waals surface area contributed by atoms with E-state index in [0.717, 1.165) is 31.5 Å². The molecule has 0 saturated heterocycles. The number of amides is 1. The number of carbonyl (C=O) groups is 1. The molecular formula is C15H23N3O. The molecule has 1 unspecified atom stereocenters. The minimum atomic E-state index is 0.0164. The molecule has 1 heterocycles. The van der Waals surface area contributed by atoms with Gasteiger partial charge >= 0.3 is 0 Å². The first-order valence-corrected chi connectivity index (χ1v) is 6.88. The summed E-state index contributed by atoms with van der Waals surface area (Å²) in [5.41, 5.74) is 3.18. The van der Waals surface area contributed by atoms with E-state index in [4.69, 9.17) is 0 Å². The topological polar surface area (TPSA) is 44.4 Å². The van der Waals surface area contributed by atoms with Crippen LogP contribution in [0.2, 0.25) is 0 Å². The molecular weight excluding hydrogens is 238 g/mol. The van der Waals surface area contributed by atoms with Crippen LogP contribution < -0.4 is 10.6 Å². The smallest absolute Gasteiger partial charge is 0.251 e. The highest BCUT2D eigenvalue weighted by molar-refractivity contribution is 5.95. The molecule has 1 aromatic carbocycles. The third kappa shape index (κ3) is 3.70. The summed E-state index contributed by atoms with van der Waals surface area (Å²) in [5.74, 6) is 0.0164. The second kappa shape index (κ2) is 6.06. The molecule has 1 amide bonds. The number of benzene rings is 1. The number of likely N-dealkylation sites (N-methyl/N-ethyl adjacent to an activating group) is 1. The lowest BCUT2D eigenvalue weighted by Crippen LogP contribution is -2.39. The number of anilines is 1. The zero-order valence-electron chi connectivity index (χ0n) is 12.0. The summed E-state index contributed by atoms with van der Waals surface area (Å²) in [6.45, 7) is 3.90. The molecule has 4 nitrogen and oxygen atoms in total. The highest BCUT2D eigenvalue weighted by Crippen LogP contribution is 2.22. The molecule has 0 aromatic heterocycles. The van der Waals surface area contributed by atoms with Gasteiger partial charge in [-0.25, -0.2) is 0 Å². The Morgan fingerprint density at radius 2 is 2.26 bits per heavy atom. The molecule has 1 atom stereocenters. The third-order valence-corrected chi connectivity index (χ3v) is 3.32. The number of nitrogens with one attached hydrogen (secondary N) is 2. The predicted molar refractivity (Wildman–Crippen MR) is 78.7 cm³/mol. The molecule has 104 valence electrons. The van der Waals surface area contributed by atoms with E-state index in [9.17, 15) is 4.79 Å². The van der Waals surface area contributed by atoms with Crippen LogP contribution in [0.3, 0.4) is 0 Å². The summed E-state index contributed by atoms with van der Waals surface area (Å²) in [6, 6.07) is 6.07. The molecule has 0 radical (unpaired) electrons. The Hall–Kier alpha value is -1.55. The molecule has 2 N–H and O–H groups in total. The number of hydrogen-bond acceptors (Lipinski definition) is 3. The van der Waals surface area contributed by atoms with E-state index in [-0.39, 0.29) is 11.9 Å². The highest BCUT2D eigenvalue weighted by atomic mass is 16.1. The van der Waals surface area contributed by atoms with E-state index in [1.807, 2.05) is 39.2 Å². The number of rotatable bonds is 4. The first-order chi connectivity index (χ1) is 9.06. The molecule has 2 rings (SSSR count). The summed E-state index contributed by atoms with van der Waals surface area (Å²) in [4.78, 5) is 14.2. The molecule has 1 aliphatic rings. The Morgan fingerprint density at radius 3 is 3.00 bits per heavy atom. The van der Waals surface area contributed by atoms with Gasteiger partial charge in [0.25, 0.3) is 5.91 Å². The molecule has 0 fully saturated rings. The maximum Gasteiger partial charge on any atom is 0.251 e. The number of nitrogens with zero attached hydrogens (tertiary/aromatic N) is 1. The predicted octanol–water partition coefficient (Wildman–Crippen LogP) is 1.72.